The first-order valence-electron chi connectivity index (χ1n) is 14.6. The number of thiol groups is 1. The Labute approximate surface area is 282 Å². The molecule has 0 saturated heterocycles. The summed E-state index contributed by atoms with van der Waals surface area (Å²) in [6.45, 7) is 14.4. The molecule has 1 radical (unpaired) electrons. The summed E-state index contributed by atoms with van der Waals surface area (Å²) in [7, 11) is 0.824. The van der Waals surface area contributed by atoms with Crippen LogP contribution in [0.25, 0.3) is 43.1 Å². The standard InChI is InChI=1S/C17H16Br2Si.C17H18Si.CH3F.BHNS/c1-20(2,3)11-8-9-14-15(10-11)17(19)13-7-5-4-6-12(13)16(14)18;1-18(2,3)17-9-8-15-10-13-6-4-5-7-14(13)11-16(15)12-17;1-2;1-2-3/h4-10H,1-3H3;4-12H,1-3H3;1H3;3H/i;;1D;. The fraction of sp³-hybridized carbons (Fsp3) is 0.200. The molecule has 1 nitrogen and oxygen atoms in total. The van der Waals surface area contributed by atoms with Crippen molar-refractivity contribution in [1.29, 1.82) is 0 Å². The van der Waals surface area contributed by atoms with Crippen molar-refractivity contribution in [3.63, 3.8) is 0 Å². The van der Waals surface area contributed by atoms with Crippen LogP contribution in [0.4, 0.5) is 4.39 Å². The zero-order valence-electron chi connectivity index (χ0n) is 26.6. The Kier molecular flexibility index (Phi) is 12.0. The molecule has 0 N–H and O–H groups in total. The van der Waals surface area contributed by atoms with Gasteiger partial charge in [-0.1, -0.05) is 135 Å². The Bertz CT molecular complexity index is 1910. The van der Waals surface area contributed by atoms with Gasteiger partial charge in [-0.15, -0.1) is 0 Å². The van der Waals surface area contributed by atoms with Crippen molar-refractivity contribution in [2.24, 2.45) is 4.30 Å². The van der Waals surface area contributed by atoms with Gasteiger partial charge in [0, 0.05) is 8.95 Å². The van der Waals surface area contributed by atoms with Gasteiger partial charge in [0.2, 0.25) is 0 Å². The van der Waals surface area contributed by atoms with E-state index < -0.39 is 23.3 Å². The number of alkyl halides is 1. The van der Waals surface area contributed by atoms with Gasteiger partial charge in [-0.2, -0.15) is 0 Å². The topological polar surface area (TPSA) is 12.4 Å². The molecule has 0 saturated carbocycles. The van der Waals surface area contributed by atoms with Crippen molar-refractivity contribution >= 4 is 122 Å². The van der Waals surface area contributed by atoms with E-state index in [2.05, 4.69) is 193 Å². The average Bonchev–Trinajstić information content (AvgIpc) is 2.98. The van der Waals surface area contributed by atoms with Crippen LogP contribution in [0.3, 0.4) is 0 Å². The quantitative estimate of drug-likeness (QED) is 0.103. The van der Waals surface area contributed by atoms with Gasteiger partial charge in [-0.25, -0.2) is 0 Å². The van der Waals surface area contributed by atoms with Gasteiger partial charge >= 0.3 is 24.8 Å². The molecule has 0 unspecified atom stereocenters. The second-order valence-electron chi connectivity index (χ2n) is 12.3. The Morgan fingerprint density at radius 1 is 0.605 bits per heavy atom. The van der Waals surface area contributed by atoms with Gasteiger partial charge in [0.05, 0.1) is 24.7 Å². The minimum absolute atomic E-state index is 1.00. The monoisotopic (exact) mass is 749 g/mol. The number of halogens is 3. The number of benzene rings is 6. The molecular weight excluding hydrogens is 712 g/mol. The molecule has 0 aliphatic carbocycles. The van der Waals surface area contributed by atoms with Crippen molar-refractivity contribution in [3.05, 3.63) is 106 Å². The third-order valence-electron chi connectivity index (χ3n) is 7.33. The molecule has 6 aromatic carbocycles. The third-order valence-corrected chi connectivity index (χ3v) is 13.1. The molecule has 0 aliphatic rings. The van der Waals surface area contributed by atoms with Crippen LogP contribution < -0.4 is 10.4 Å². The summed E-state index contributed by atoms with van der Waals surface area (Å²) in [5.74, 6) is 0. The number of hydrogen-bond acceptors (Lipinski definition) is 2. The fourth-order valence-corrected chi connectivity index (χ4v) is 8.64. The van der Waals surface area contributed by atoms with E-state index in [9.17, 15) is 4.39 Å². The van der Waals surface area contributed by atoms with E-state index in [1.165, 1.54) is 62.4 Å². The summed E-state index contributed by atoms with van der Waals surface area (Å²) in [5, 5.41) is 13.5. The maximum absolute atomic E-state index is 9.96. The van der Waals surface area contributed by atoms with Crippen molar-refractivity contribution in [2.45, 2.75) is 39.3 Å². The van der Waals surface area contributed by atoms with Crippen LogP contribution in [0.15, 0.2) is 110 Å². The first kappa shape index (κ1) is 33.8. The first-order chi connectivity index (χ1) is 20.8. The third kappa shape index (κ3) is 8.54. The van der Waals surface area contributed by atoms with Crippen LogP contribution in [-0.2, 0) is 0 Å². The minimum atomic E-state index is -1.29. The molecule has 221 valence electrons. The number of fused-ring (bicyclic) bond motifs is 4. The van der Waals surface area contributed by atoms with Crippen LogP contribution in [0.1, 0.15) is 1.37 Å². The Hall–Kier alpha value is -2.10. The number of hydrogen-bond donors (Lipinski definition) is 1. The molecule has 0 aromatic heterocycles. The van der Waals surface area contributed by atoms with Gasteiger partial charge in [-0.05, 0) is 87.1 Å². The average molecular weight is 752 g/mol. The zero-order chi connectivity index (χ0) is 32.7. The Morgan fingerprint density at radius 2 is 0.977 bits per heavy atom. The van der Waals surface area contributed by atoms with E-state index in [0.29, 0.717) is 0 Å². The van der Waals surface area contributed by atoms with Crippen LogP contribution >= 0.6 is 44.7 Å². The molecule has 6 rings (SSSR count). The van der Waals surface area contributed by atoms with E-state index >= 15 is 0 Å². The molecule has 0 fully saturated rings. The Morgan fingerprint density at radius 3 is 1.49 bits per heavy atom. The number of rotatable bonds is 2. The molecule has 43 heavy (non-hydrogen) atoms. The van der Waals surface area contributed by atoms with E-state index in [1.807, 2.05) is 0 Å². The summed E-state index contributed by atoms with van der Waals surface area (Å²) in [6.07, 6.45) is 0. The summed E-state index contributed by atoms with van der Waals surface area (Å²) in [5.41, 5.74) is 0. The molecule has 0 amide bonds. The van der Waals surface area contributed by atoms with Gasteiger partial charge in [0.15, 0.2) is 0 Å². The van der Waals surface area contributed by atoms with Crippen LogP contribution in [0.2, 0.25) is 39.3 Å². The predicted octanol–water partition coefficient (Wildman–Crippen LogP) is 11.4. The van der Waals surface area contributed by atoms with Gasteiger partial charge < -0.3 is 0 Å². The van der Waals surface area contributed by atoms with Crippen LogP contribution in [0, 0.1) is 0 Å². The molecular formula is C35H38BBr2FNSSi2. The summed E-state index contributed by atoms with van der Waals surface area (Å²) >= 11 is 10.8. The maximum atomic E-state index is 9.96. The molecule has 8 heteroatoms. The van der Waals surface area contributed by atoms with Crippen molar-refractivity contribution in [3.8, 4) is 0 Å². The van der Waals surface area contributed by atoms with E-state index in [4.69, 9.17) is 1.37 Å². The van der Waals surface area contributed by atoms with E-state index in [-0.39, 0.29) is 0 Å². The molecule has 0 bridgehead atoms. The van der Waals surface area contributed by atoms with Crippen LogP contribution in [0.5, 0.6) is 0 Å². The molecule has 0 heterocycles. The van der Waals surface area contributed by atoms with Gasteiger partial charge in [0.1, 0.15) is 0 Å². The van der Waals surface area contributed by atoms with Crippen LogP contribution in [-0.4, -0.2) is 30.9 Å². The zero-order valence-corrected chi connectivity index (χ0v) is 31.6. The second kappa shape index (κ2) is 15.3. The predicted molar refractivity (Wildman–Crippen MR) is 208 cm³/mol. The van der Waals surface area contributed by atoms with E-state index in [0.717, 1.165) is 0 Å². The number of nitrogens with zero attached hydrogens (tertiary/aromatic N) is 1. The Balaban J connectivity index is 0.000000205. The SMILES string of the molecule is C[Si](C)(C)c1ccc2c(Br)c3ccccc3c(Br)c2c1.C[Si](C)(C)c1ccc2cc3ccccc3cc2c1.[2H]CF.[B]=NS. The summed E-state index contributed by atoms with van der Waals surface area (Å²) in [6, 6.07) is 35.6. The second-order valence-corrected chi connectivity index (χ2v) is 24.3. The first-order valence-corrected chi connectivity index (χ1v) is 22.9. The summed E-state index contributed by atoms with van der Waals surface area (Å²) in [4.78, 5) is 0. The van der Waals surface area contributed by atoms with Gasteiger partial charge in [0.25, 0.3) is 0 Å². The van der Waals surface area contributed by atoms with Crippen molar-refractivity contribution in [2.75, 3.05) is 7.15 Å². The van der Waals surface area contributed by atoms with Gasteiger partial charge in [-0.3, -0.25) is 4.39 Å². The fourth-order valence-electron chi connectivity index (χ4n) is 4.95. The molecule has 0 atom stereocenters. The molecule has 0 spiro atoms. The normalized spacial score (nSPS) is 11.5. The van der Waals surface area contributed by atoms with Crippen molar-refractivity contribution < 1.29 is 5.76 Å². The molecule has 0 aliphatic heterocycles. The van der Waals surface area contributed by atoms with E-state index in [1.54, 1.807) is 0 Å². The summed E-state index contributed by atoms with van der Waals surface area (Å²) < 4.78 is 20.6. The van der Waals surface area contributed by atoms with Crippen molar-refractivity contribution in [1.82, 2.24) is 0 Å². The molecule has 6 aromatic rings.